The van der Waals surface area contributed by atoms with E-state index in [0.717, 1.165) is 11.1 Å². The molecule has 2 nitrogen and oxygen atoms in total. The third kappa shape index (κ3) is 2.94. The van der Waals surface area contributed by atoms with Gasteiger partial charge in [-0.15, -0.1) is 0 Å². The van der Waals surface area contributed by atoms with E-state index in [4.69, 9.17) is 4.43 Å². The Balaban J connectivity index is 3.17. The second-order valence-corrected chi connectivity index (χ2v) is 9.60. The highest BCUT2D eigenvalue weighted by Gasteiger charge is 2.34. The van der Waals surface area contributed by atoms with Gasteiger partial charge in [-0.2, -0.15) is 5.26 Å². The third-order valence-electron chi connectivity index (χ3n) is 2.38. The maximum absolute atomic E-state index is 9.37. The zero-order valence-corrected chi connectivity index (χ0v) is 11.7. The van der Waals surface area contributed by atoms with Crippen molar-refractivity contribution < 1.29 is 4.43 Å². The van der Waals surface area contributed by atoms with Gasteiger partial charge in [0, 0.05) is 0 Å². The van der Waals surface area contributed by atoms with Crippen molar-refractivity contribution in [3.05, 3.63) is 35.4 Å². The van der Waals surface area contributed by atoms with E-state index in [0.29, 0.717) is 0 Å². The van der Waals surface area contributed by atoms with E-state index >= 15 is 0 Å². The van der Waals surface area contributed by atoms with Crippen LogP contribution in [0.3, 0.4) is 0 Å². The van der Waals surface area contributed by atoms with E-state index in [-0.39, 0.29) is 0 Å². The van der Waals surface area contributed by atoms with Crippen molar-refractivity contribution in [2.45, 2.75) is 39.1 Å². The summed E-state index contributed by atoms with van der Waals surface area (Å²) >= 11 is 0. The fourth-order valence-corrected chi connectivity index (χ4v) is 3.24. The van der Waals surface area contributed by atoms with E-state index in [1.807, 2.05) is 38.1 Å². The molecule has 0 amide bonds. The highest BCUT2D eigenvalue weighted by Crippen LogP contribution is 2.30. The molecule has 0 aromatic heterocycles. The van der Waals surface area contributed by atoms with Crippen LogP contribution < -0.4 is 0 Å². The molecule has 0 spiro atoms. The number of hydrogen-bond acceptors (Lipinski definition) is 2. The Morgan fingerprint density at radius 1 is 1.25 bits per heavy atom. The first kappa shape index (κ1) is 13.0. The van der Waals surface area contributed by atoms with Crippen molar-refractivity contribution in [2.24, 2.45) is 0 Å². The number of rotatable bonds is 3. The molecular formula is C13H19NOSi. The van der Waals surface area contributed by atoms with Crippen LogP contribution in [-0.4, -0.2) is 8.32 Å². The first-order chi connectivity index (χ1) is 7.28. The Bertz CT molecular complexity index is 417. The second-order valence-electron chi connectivity index (χ2n) is 5.17. The van der Waals surface area contributed by atoms with E-state index in [1.165, 1.54) is 0 Å². The van der Waals surface area contributed by atoms with Crippen LogP contribution in [0.15, 0.2) is 24.3 Å². The van der Waals surface area contributed by atoms with Gasteiger partial charge in [0.1, 0.15) is 6.07 Å². The zero-order chi connectivity index (χ0) is 12.4. The molecule has 1 rings (SSSR count). The average Bonchev–Trinajstić information content (AvgIpc) is 2.15. The highest BCUT2D eigenvalue weighted by atomic mass is 28.4. The van der Waals surface area contributed by atoms with Crippen LogP contribution in [0.25, 0.3) is 0 Å². The lowest BCUT2D eigenvalue weighted by atomic mass is 9.94. The monoisotopic (exact) mass is 233 g/mol. The number of benzene rings is 1. The molecule has 3 heteroatoms. The maximum Gasteiger partial charge on any atom is 0.186 e. The molecule has 0 N–H and O–H groups in total. The van der Waals surface area contributed by atoms with Crippen LogP contribution in [0.4, 0.5) is 0 Å². The SMILES string of the molecule is Cc1ccccc1C(C)(C#N)O[Si](C)(C)C. The van der Waals surface area contributed by atoms with E-state index in [2.05, 4.69) is 25.7 Å². The summed E-state index contributed by atoms with van der Waals surface area (Å²) in [6, 6.07) is 10.2. The normalized spacial score (nSPS) is 15.2. The fourth-order valence-electron chi connectivity index (χ4n) is 1.86. The molecule has 1 aromatic rings. The summed E-state index contributed by atoms with van der Waals surface area (Å²) in [6.45, 7) is 10.2. The summed E-state index contributed by atoms with van der Waals surface area (Å²) in [5, 5.41) is 9.37. The lowest BCUT2D eigenvalue weighted by Crippen LogP contribution is -2.38. The predicted octanol–water partition coefficient (Wildman–Crippen LogP) is 3.59. The molecule has 0 saturated heterocycles. The molecule has 0 saturated carbocycles. The quantitative estimate of drug-likeness (QED) is 0.747. The van der Waals surface area contributed by atoms with E-state index in [1.54, 1.807) is 0 Å². The standard InChI is InChI=1S/C13H19NOSi/c1-11-8-6-7-9-12(11)13(2,10-14)15-16(3,4)5/h6-9H,1-5H3. The molecule has 1 atom stereocenters. The van der Waals surface area contributed by atoms with Crippen molar-refractivity contribution in [1.29, 1.82) is 5.26 Å². The van der Waals surface area contributed by atoms with Gasteiger partial charge < -0.3 is 4.43 Å². The van der Waals surface area contributed by atoms with Gasteiger partial charge in [0.2, 0.25) is 0 Å². The Kier molecular flexibility index (Phi) is 3.56. The van der Waals surface area contributed by atoms with Crippen LogP contribution in [-0.2, 0) is 10.0 Å². The lowest BCUT2D eigenvalue weighted by Gasteiger charge is -2.31. The van der Waals surface area contributed by atoms with Gasteiger partial charge >= 0.3 is 0 Å². The molecule has 1 unspecified atom stereocenters. The molecule has 0 bridgehead atoms. The topological polar surface area (TPSA) is 33.0 Å². The molecule has 0 aliphatic rings. The first-order valence-electron chi connectivity index (χ1n) is 5.46. The summed E-state index contributed by atoms with van der Waals surface area (Å²) in [5.41, 5.74) is 1.25. The molecule has 86 valence electrons. The number of aryl methyl sites for hydroxylation is 1. The van der Waals surface area contributed by atoms with Crippen molar-refractivity contribution in [1.82, 2.24) is 0 Å². The van der Waals surface area contributed by atoms with Gasteiger partial charge in [0.25, 0.3) is 0 Å². The van der Waals surface area contributed by atoms with Gasteiger partial charge in [-0.05, 0) is 44.6 Å². The van der Waals surface area contributed by atoms with Gasteiger partial charge in [-0.3, -0.25) is 0 Å². The van der Waals surface area contributed by atoms with Gasteiger partial charge in [-0.25, -0.2) is 0 Å². The highest BCUT2D eigenvalue weighted by molar-refractivity contribution is 6.69. The van der Waals surface area contributed by atoms with Crippen LogP contribution in [0.1, 0.15) is 18.1 Å². The molecule has 0 aliphatic heterocycles. The number of hydrogen-bond donors (Lipinski definition) is 0. The van der Waals surface area contributed by atoms with Crippen LogP contribution >= 0.6 is 0 Å². The molecule has 16 heavy (non-hydrogen) atoms. The minimum atomic E-state index is -1.74. The predicted molar refractivity (Wildman–Crippen MR) is 68.6 cm³/mol. The van der Waals surface area contributed by atoms with Crippen LogP contribution in [0.5, 0.6) is 0 Å². The second kappa shape index (κ2) is 4.40. The molecular weight excluding hydrogens is 214 g/mol. The van der Waals surface area contributed by atoms with Crippen molar-refractivity contribution in [3.63, 3.8) is 0 Å². The van der Waals surface area contributed by atoms with Crippen molar-refractivity contribution in [3.8, 4) is 6.07 Å². The lowest BCUT2D eigenvalue weighted by molar-refractivity contribution is 0.140. The smallest absolute Gasteiger partial charge is 0.186 e. The fraction of sp³-hybridized carbons (Fsp3) is 0.462. The van der Waals surface area contributed by atoms with Gasteiger partial charge in [0.15, 0.2) is 13.9 Å². The molecule has 0 heterocycles. The Hall–Kier alpha value is -1.11. The minimum Gasteiger partial charge on any atom is -0.397 e. The van der Waals surface area contributed by atoms with Crippen molar-refractivity contribution >= 4 is 8.32 Å². The van der Waals surface area contributed by atoms with Gasteiger partial charge in [0.05, 0.1) is 0 Å². The Morgan fingerprint density at radius 3 is 2.25 bits per heavy atom. The number of nitrogens with zero attached hydrogens (tertiary/aromatic N) is 1. The van der Waals surface area contributed by atoms with Crippen molar-refractivity contribution in [2.75, 3.05) is 0 Å². The van der Waals surface area contributed by atoms with E-state index in [9.17, 15) is 5.26 Å². The van der Waals surface area contributed by atoms with Crippen LogP contribution in [0, 0.1) is 18.3 Å². The Morgan fingerprint density at radius 2 is 1.81 bits per heavy atom. The maximum atomic E-state index is 9.37. The summed E-state index contributed by atoms with van der Waals surface area (Å²) in [6.07, 6.45) is 0. The van der Waals surface area contributed by atoms with E-state index < -0.39 is 13.9 Å². The summed E-state index contributed by atoms with van der Waals surface area (Å²) in [5.74, 6) is 0. The molecule has 0 aliphatic carbocycles. The Labute approximate surface area is 99.0 Å². The summed E-state index contributed by atoms with van der Waals surface area (Å²) in [4.78, 5) is 0. The van der Waals surface area contributed by atoms with Gasteiger partial charge in [-0.1, -0.05) is 24.3 Å². The largest absolute Gasteiger partial charge is 0.397 e. The summed E-state index contributed by atoms with van der Waals surface area (Å²) in [7, 11) is -1.74. The number of nitriles is 1. The molecule has 1 aromatic carbocycles. The third-order valence-corrected chi connectivity index (χ3v) is 3.40. The molecule has 0 radical (unpaired) electrons. The average molecular weight is 233 g/mol. The first-order valence-corrected chi connectivity index (χ1v) is 8.87. The van der Waals surface area contributed by atoms with Crippen LogP contribution in [0.2, 0.25) is 19.6 Å². The molecule has 0 fully saturated rings. The zero-order valence-electron chi connectivity index (χ0n) is 10.7. The minimum absolute atomic E-state index is 0.824. The summed E-state index contributed by atoms with van der Waals surface area (Å²) < 4.78 is 6.02.